The summed E-state index contributed by atoms with van der Waals surface area (Å²) in [5, 5.41) is 1.17. The lowest BCUT2D eigenvalue weighted by atomic mass is 10.0. The number of hydrogen-bond acceptors (Lipinski definition) is 3. The highest BCUT2D eigenvalue weighted by molar-refractivity contribution is 5.97. The molecule has 0 aliphatic carbocycles. The van der Waals surface area contributed by atoms with Crippen molar-refractivity contribution in [3.8, 4) is 11.1 Å². The Morgan fingerprint density at radius 1 is 0.738 bits per heavy atom. The zero-order valence-corrected chi connectivity index (χ0v) is 24.0. The lowest BCUT2D eigenvalue weighted by molar-refractivity contribution is -0.132. The smallest absolute Gasteiger partial charge is 0.254 e. The van der Waals surface area contributed by atoms with Crippen LogP contribution in [0.5, 0.6) is 0 Å². The van der Waals surface area contributed by atoms with E-state index in [1.807, 2.05) is 108 Å². The maximum atomic E-state index is 13.9. The van der Waals surface area contributed by atoms with Gasteiger partial charge in [0.1, 0.15) is 6.54 Å². The Bertz CT molecular complexity index is 1580. The van der Waals surface area contributed by atoms with Crippen molar-refractivity contribution in [1.29, 1.82) is 0 Å². The van der Waals surface area contributed by atoms with Crippen LogP contribution in [0.15, 0.2) is 115 Å². The van der Waals surface area contributed by atoms with E-state index in [-0.39, 0.29) is 18.4 Å². The van der Waals surface area contributed by atoms with Crippen molar-refractivity contribution in [1.82, 2.24) is 14.8 Å². The summed E-state index contributed by atoms with van der Waals surface area (Å²) in [7, 11) is 1.64. The number of aromatic nitrogens is 1. The van der Waals surface area contributed by atoms with E-state index in [1.165, 1.54) is 10.9 Å². The second kappa shape index (κ2) is 14.3. The number of amides is 2. The summed E-state index contributed by atoms with van der Waals surface area (Å²) < 4.78 is 5.25. The van der Waals surface area contributed by atoms with Crippen LogP contribution in [0, 0.1) is 0 Å². The molecule has 0 saturated heterocycles. The number of methoxy groups -OCH3 is 1. The molecule has 0 aliphatic rings. The van der Waals surface area contributed by atoms with Gasteiger partial charge in [0.15, 0.2) is 0 Å². The fourth-order valence-electron chi connectivity index (χ4n) is 5.22. The van der Waals surface area contributed by atoms with Gasteiger partial charge >= 0.3 is 0 Å². The van der Waals surface area contributed by atoms with Crippen molar-refractivity contribution in [2.75, 3.05) is 33.4 Å². The summed E-state index contributed by atoms with van der Waals surface area (Å²) in [6, 6.07) is 35.9. The molecule has 4 aromatic carbocycles. The average Bonchev–Trinajstić information content (AvgIpc) is 3.46. The molecule has 0 saturated carbocycles. The quantitative estimate of drug-likeness (QED) is 0.166. The van der Waals surface area contributed by atoms with E-state index in [4.69, 9.17) is 4.74 Å². The summed E-state index contributed by atoms with van der Waals surface area (Å²) in [4.78, 5) is 34.4. The predicted molar refractivity (Wildman–Crippen MR) is 168 cm³/mol. The summed E-state index contributed by atoms with van der Waals surface area (Å²) in [5.41, 5.74) is 6.01. The van der Waals surface area contributed by atoms with Gasteiger partial charge in [-0.1, -0.05) is 91.0 Å². The fraction of sp³-hybridized carbons (Fsp3) is 0.222. The van der Waals surface area contributed by atoms with Gasteiger partial charge in [-0.05, 0) is 53.3 Å². The Kier molecular flexibility index (Phi) is 9.81. The molecule has 1 N–H and O–H groups in total. The van der Waals surface area contributed by atoms with Crippen molar-refractivity contribution in [2.24, 2.45) is 0 Å². The molecule has 0 aliphatic heterocycles. The maximum absolute atomic E-state index is 13.9. The van der Waals surface area contributed by atoms with Crippen LogP contribution in [0.25, 0.3) is 22.0 Å². The van der Waals surface area contributed by atoms with Gasteiger partial charge in [0.05, 0.1) is 0 Å². The second-order valence-electron chi connectivity index (χ2n) is 10.4. The lowest BCUT2D eigenvalue weighted by Gasteiger charge is -2.28. The summed E-state index contributed by atoms with van der Waals surface area (Å²) in [6.45, 7) is 1.97. The molecule has 6 heteroatoms. The third-order valence-electron chi connectivity index (χ3n) is 7.52. The molecule has 0 atom stereocenters. The van der Waals surface area contributed by atoms with Crippen molar-refractivity contribution in [3.05, 3.63) is 132 Å². The van der Waals surface area contributed by atoms with Gasteiger partial charge in [-0.3, -0.25) is 9.59 Å². The molecule has 0 unspecified atom stereocenters. The molecule has 0 spiro atoms. The minimum absolute atomic E-state index is 0.00367. The number of para-hydroxylation sites is 1. The molecule has 214 valence electrons. The van der Waals surface area contributed by atoms with Crippen LogP contribution in [0.4, 0.5) is 0 Å². The standard InChI is InChI=1S/C36H37N3O3/c1-42-24-10-22-39(36(41)31-19-17-30(18-20-31)29-13-6-3-7-14-29)27-35(40)38(26-28-11-4-2-5-12-28)23-21-32-25-37-34-16-9-8-15-33(32)34/h2-9,11-20,25,37H,10,21-24,26-27H2,1H3. The Morgan fingerprint density at radius 3 is 2.14 bits per heavy atom. The maximum Gasteiger partial charge on any atom is 0.254 e. The molecule has 0 bridgehead atoms. The Balaban J connectivity index is 1.33. The van der Waals surface area contributed by atoms with Crippen LogP contribution < -0.4 is 0 Å². The van der Waals surface area contributed by atoms with Gasteiger partial charge in [-0.25, -0.2) is 0 Å². The highest BCUT2D eigenvalue weighted by atomic mass is 16.5. The highest BCUT2D eigenvalue weighted by Crippen LogP contribution is 2.21. The number of fused-ring (bicyclic) bond motifs is 1. The van der Waals surface area contributed by atoms with Crippen LogP contribution in [0.2, 0.25) is 0 Å². The minimum Gasteiger partial charge on any atom is -0.385 e. The highest BCUT2D eigenvalue weighted by Gasteiger charge is 2.23. The first-order valence-corrected chi connectivity index (χ1v) is 14.4. The van der Waals surface area contributed by atoms with E-state index in [0.29, 0.717) is 44.6 Å². The Labute approximate surface area is 247 Å². The molecular formula is C36H37N3O3. The SMILES string of the molecule is COCCCN(CC(=O)N(CCc1c[nH]c2ccccc12)Cc1ccccc1)C(=O)c1ccc(-c2ccccc2)cc1. The average molecular weight is 560 g/mol. The van der Waals surface area contributed by atoms with E-state index in [1.54, 1.807) is 12.0 Å². The van der Waals surface area contributed by atoms with Crippen LogP contribution in [0.3, 0.4) is 0 Å². The largest absolute Gasteiger partial charge is 0.385 e. The molecule has 2 amide bonds. The van der Waals surface area contributed by atoms with E-state index in [9.17, 15) is 9.59 Å². The number of carbonyl (C=O) groups is 2. The van der Waals surface area contributed by atoms with E-state index in [0.717, 1.165) is 22.2 Å². The first-order valence-electron chi connectivity index (χ1n) is 14.4. The van der Waals surface area contributed by atoms with Gasteiger partial charge in [0, 0.05) is 56.0 Å². The van der Waals surface area contributed by atoms with Crippen LogP contribution in [-0.4, -0.2) is 59.9 Å². The fourth-order valence-corrected chi connectivity index (χ4v) is 5.22. The van der Waals surface area contributed by atoms with Crippen molar-refractivity contribution >= 4 is 22.7 Å². The van der Waals surface area contributed by atoms with Gasteiger partial charge in [-0.2, -0.15) is 0 Å². The van der Waals surface area contributed by atoms with Gasteiger partial charge in [0.2, 0.25) is 5.91 Å². The lowest BCUT2D eigenvalue weighted by Crippen LogP contribution is -2.44. The normalized spacial score (nSPS) is 11.0. The molecule has 5 rings (SSSR count). The third kappa shape index (κ3) is 7.33. The Hall–Kier alpha value is -4.68. The van der Waals surface area contributed by atoms with Crippen molar-refractivity contribution in [2.45, 2.75) is 19.4 Å². The molecule has 0 fully saturated rings. The molecule has 1 heterocycles. The molecule has 5 aromatic rings. The van der Waals surface area contributed by atoms with Crippen molar-refractivity contribution < 1.29 is 14.3 Å². The first kappa shape index (κ1) is 28.8. The number of nitrogens with one attached hydrogen (secondary N) is 1. The zero-order valence-electron chi connectivity index (χ0n) is 24.0. The van der Waals surface area contributed by atoms with Crippen LogP contribution in [-0.2, 0) is 22.5 Å². The number of hydrogen-bond donors (Lipinski definition) is 1. The van der Waals surface area contributed by atoms with Crippen LogP contribution >= 0.6 is 0 Å². The number of carbonyl (C=O) groups excluding carboxylic acids is 2. The summed E-state index contributed by atoms with van der Waals surface area (Å²) in [6.07, 6.45) is 3.38. The number of rotatable bonds is 13. The predicted octanol–water partition coefficient (Wildman–Crippen LogP) is 6.59. The monoisotopic (exact) mass is 559 g/mol. The van der Waals surface area contributed by atoms with Gasteiger partial charge < -0.3 is 19.5 Å². The number of aromatic amines is 1. The first-order chi connectivity index (χ1) is 20.6. The van der Waals surface area contributed by atoms with E-state index in [2.05, 4.69) is 17.1 Å². The molecular weight excluding hydrogens is 522 g/mol. The number of nitrogens with zero attached hydrogens (tertiary/aromatic N) is 2. The van der Waals surface area contributed by atoms with E-state index < -0.39 is 0 Å². The zero-order chi connectivity index (χ0) is 29.1. The number of ether oxygens (including phenoxy) is 1. The number of benzene rings is 4. The topological polar surface area (TPSA) is 65.6 Å². The molecule has 42 heavy (non-hydrogen) atoms. The summed E-state index contributed by atoms with van der Waals surface area (Å²) >= 11 is 0. The van der Waals surface area contributed by atoms with E-state index >= 15 is 0 Å². The third-order valence-corrected chi connectivity index (χ3v) is 7.52. The van der Waals surface area contributed by atoms with Gasteiger partial charge in [0.25, 0.3) is 5.91 Å². The molecule has 6 nitrogen and oxygen atoms in total. The number of H-pyrrole nitrogens is 1. The van der Waals surface area contributed by atoms with Crippen LogP contribution in [0.1, 0.15) is 27.9 Å². The Morgan fingerprint density at radius 2 is 1.40 bits per heavy atom. The molecule has 0 radical (unpaired) electrons. The second-order valence-corrected chi connectivity index (χ2v) is 10.4. The summed E-state index contributed by atoms with van der Waals surface area (Å²) in [5.74, 6) is -0.235. The van der Waals surface area contributed by atoms with Gasteiger partial charge in [-0.15, -0.1) is 0 Å². The minimum atomic E-state index is -0.157. The van der Waals surface area contributed by atoms with Crippen molar-refractivity contribution in [3.63, 3.8) is 0 Å². The molecule has 1 aromatic heterocycles.